The minimum atomic E-state index is -0.195. The fourth-order valence-corrected chi connectivity index (χ4v) is 2.99. The Morgan fingerprint density at radius 3 is 2.88 bits per heavy atom. The Morgan fingerprint density at radius 1 is 1.40 bits per heavy atom. The van der Waals surface area contributed by atoms with Gasteiger partial charge >= 0.3 is 0 Å². The molecular formula is C16H19N5O3S. The van der Waals surface area contributed by atoms with Gasteiger partial charge in [-0.25, -0.2) is 0 Å². The Kier molecular flexibility index (Phi) is 5.22. The molecule has 3 aromatic heterocycles. The highest BCUT2D eigenvalue weighted by Crippen LogP contribution is 2.25. The number of nitrogens with one attached hydrogen (secondary N) is 1. The second-order valence-corrected chi connectivity index (χ2v) is 6.90. The molecule has 0 radical (unpaired) electrons. The van der Waals surface area contributed by atoms with Gasteiger partial charge in [-0.3, -0.25) is 14.7 Å². The molecule has 1 N–H and O–H groups in total. The van der Waals surface area contributed by atoms with Crippen LogP contribution in [0.25, 0.3) is 11.6 Å². The minimum Gasteiger partial charge on any atom is -0.461 e. The molecule has 3 heterocycles. The molecule has 0 aromatic carbocycles. The van der Waals surface area contributed by atoms with Crippen molar-refractivity contribution in [3.05, 3.63) is 30.2 Å². The van der Waals surface area contributed by atoms with Gasteiger partial charge in [0, 0.05) is 12.6 Å². The summed E-state index contributed by atoms with van der Waals surface area (Å²) in [6.07, 6.45) is 1.60. The van der Waals surface area contributed by atoms with Crippen LogP contribution < -0.4 is 5.32 Å². The average Bonchev–Trinajstić information content (AvgIpc) is 3.27. The molecule has 8 nitrogen and oxygen atoms in total. The molecule has 1 amide bonds. The van der Waals surface area contributed by atoms with E-state index in [-0.39, 0.29) is 11.7 Å². The van der Waals surface area contributed by atoms with Gasteiger partial charge in [0.15, 0.2) is 16.7 Å². The van der Waals surface area contributed by atoms with E-state index >= 15 is 0 Å². The molecule has 0 fully saturated rings. The molecule has 9 heteroatoms. The van der Waals surface area contributed by atoms with Crippen molar-refractivity contribution in [2.45, 2.75) is 32.5 Å². The van der Waals surface area contributed by atoms with Crippen LogP contribution >= 0.6 is 11.8 Å². The first-order valence-electron chi connectivity index (χ1n) is 7.86. The normalized spacial score (nSPS) is 11.2. The zero-order chi connectivity index (χ0) is 17.8. The van der Waals surface area contributed by atoms with Gasteiger partial charge < -0.3 is 8.94 Å². The SMILES string of the molecule is Cc1cc(NC(=O)CSc2nnc(-c3ccco3)n2CC(C)C)on1. The first kappa shape index (κ1) is 17.3. The Hall–Kier alpha value is -2.55. The molecule has 0 spiro atoms. The van der Waals surface area contributed by atoms with Gasteiger partial charge in [-0.1, -0.05) is 30.8 Å². The van der Waals surface area contributed by atoms with E-state index in [1.165, 1.54) is 11.8 Å². The van der Waals surface area contributed by atoms with Crippen molar-refractivity contribution in [2.75, 3.05) is 11.1 Å². The van der Waals surface area contributed by atoms with Crippen molar-refractivity contribution in [1.29, 1.82) is 0 Å². The maximum absolute atomic E-state index is 12.1. The van der Waals surface area contributed by atoms with Gasteiger partial charge in [0.1, 0.15) is 0 Å². The van der Waals surface area contributed by atoms with Crippen LogP contribution in [0.1, 0.15) is 19.5 Å². The Bertz CT molecular complexity index is 838. The molecule has 0 atom stereocenters. The molecule has 3 rings (SSSR count). The average molecular weight is 361 g/mol. The number of anilines is 1. The topological polar surface area (TPSA) is 99.0 Å². The van der Waals surface area contributed by atoms with E-state index < -0.39 is 0 Å². The predicted molar refractivity (Wildman–Crippen MR) is 93.2 cm³/mol. The van der Waals surface area contributed by atoms with Gasteiger partial charge in [0.05, 0.1) is 17.7 Å². The fraction of sp³-hybridized carbons (Fsp3) is 0.375. The van der Waals surface area contributed by atoms with E-state index in [2.05, 4.69) is 34.5 Å². The third kappa shape index (κ3) is 4.30. The summed E-state index contributed by atoms with van der Waals surface area (Å²) in [6.45, 7) is 6.74. The summed E-state index contributed by atoms with van der Waals surface area (Å²) in [4.78, 5) is 12.1. The third-order valence-corrected chi connectivity index (χ3v) is 4.20. The fourth-order valence-electron chi connectivity index (χ4n) is 2.24. The maximum Gasteiger partial charge on any atom is 0.237 e. The Balaban J connectivity index is 1.70. The van der Waals surface area contributed by atoms with Gasteiger partial charge in [0.2, 0.25) is 11.8 Å². The molecule has 132 valence electrons. The second kappa shape index (κ2) is 7.56. The van der Waals surface area contributed by atoms with Crippen LogP contribution in [0.3, 0.4) is 0 Å². The molecule has 3 aromatic rings. The summed E-state index contributed by atoms with van der Waals surface area (Å²) in [5.74, 6) is 2.04. The van der Waals surface area contributed by atoms with Crippen molar-refractivity contribution in [3.63, 3.8) is 0 Å². The largest absolute Gasteiger partial charge is 0.461 e. The van der Waals surface area contributed by atoms with Crippen molar-refractivity contribution < 1.29 is 13.7 Å². The molecule has 0 saturated carbocycles. The van der Waals surface area contributed by atoms with E-state index in [9.17, 15) is 4.79 Å². The smallest absolute Gasteiger partial charge is 0.237 e. The van der Waals surface area contributed by atoms with Crippen LogP contribution in [0.4, 0.5) is 5.88 Å². The van der Waals surface area contributed by atoms with Crippen LogP contribution in [-0.2, 0) is 11.3 Å². The molecule has 0 bridgehead atoms. The van der Waals surface area contributed by atoms with Crippen LogP contribution in [0.15, 0.2) is 38.6 Å². The number of furan rings is 1. The standard InChI is InChI=1S/C16H19N5O3S/c1-10(2)8-21-15(12-5-4-6-23-12)18-19-16(21)25-9-13(22)17-14-7-11(3)20-24-14/h4-7,10H,8-9H2,1-3H3,(H,17,22). The molecule has 0 saturated heterocycles. The monoisotopic (exact) mass is 361 g/mol. The van der Waals surface area contributed by atoms with Gasteiger partial charge in [0.25, 0.3) is 0 Å². The lowest BCUT2D eigenvalue weighted by molar-refractivity contribution is -0.113. The highest BCUT2D eigenvalue weighted by atomic mass is 32.2. The Labute approximate surface area is 149 Å². The second-order valence-electron chi connectivity index (χ2n) is 5.96. The third-order valence-electron chi connectivity index (χ3n) is 3.23. The lowest BCUT2D eigenvalue weighted by Crippen LogP contribution is -2.14. The molecule has 0 aliphatic heterocycles. The van der Waals surface area contributed by atoms with Crippen LogP contribution in [0.5, 0.6) is 0 Å². The maximum atomic E-state index is 12.1. The summed E-state index contributed by atoms with van der Waals surface area (Å²) in [5, 5.41) is 15.5. The zero-order valence-electron chi connectivity index (χ0n) is 14.2. The van der Waals surface area contributed by atoms with Crippen molar-refractivity contribution in [3.8, 4) is 11.6 Å². The first-order valence-corrected chi connectivity index (χ1v) is 8.84. The lowest BCUT2D eigenvalue weighted by atomic mass is 10.2. The van der Waals surface area contributed by atoms with Crippen molar-refractivity contribution in [2.24, 2.45) is 5.92 Å². The predicted octanol–water partition coefficient (Wildman–Crippen LogP) is 3.22. The van der Waals surface area contributed by atoms with Crippen LogP contribution in [0.2, 0.25) is 0 Å². The number of carbonyl (C=O) groups is 1. The summed E-state index contributed by atoms with van der Waals surface area (Å²) in [7, 11) is 0. The summed E-state index contributed by atoms with van der Waals surface area (Å²) >= 11 is 1.31. The summed E-state index contributed by atoms with van der Waals surface area (Å²) < 4.78 is 12.4. The number of aromatic nitrogens is 4. The highest BCUT2D eigenvalue weighted by molar-refractivity contribution is 7.99. The first-order chi connectivity index (χ1) is 12.0. The number of thioether (sulfide) groups is 1. The van der Waals surface area contributed by atoms with Crippen molar-refractivity contribution in [1.82, 2.24) is 19.9 Å². The summed E-state index contributed by atoms with van der Waals surface area (Å²) in [5.41, 5.74) is 0.711. The highest BCUT2D eigenvalue weighted by Gasteiger charge is 2.18. The van der Waals surface area contributed by atoms with Gasteiger partial charge in [-0.05, 0) is 25.0 Å². The van der Waals surface area contributed by atoms with Gasteiger partial charge in [-0.15, -0.1) is 10.2 Å². The van der Waals surface area contributed by atoms with E-state index in [4.69, 9.17) is 8.94 Å². The quantitative estimate of drug-likeness (QED) is 0.645. The van der Waals surface area contributed by atoms with E-state index in [1.807, 2.05) is 16.7 Å². The molecule has 0 aliphatic rings. The number of nitrogens with zero attached hydrogens (tertiary/aromatic N) is 4. The Morgan fingerprint density at radius 2 is 2.24 bits per heavy atom. The molecule has 0 aliphatic carbocycles. The van der Waals surface area contributed by atoms with E-state index in [0.29, 0.717) is 34.2 Å². The molecule has 0 unspecified atom stereocenters. The van der Waals surface area contributed by atoms with E-state index in [0.717, 1.165) is 6.54 Å². The number of amides is 1. The van der Waals surface area contributed by atoms with Gasteiger partial charge in [-0.2, -0.15) is 0 Å². The van der Waals surface area contributed by atoms with E-state index in [1.54, 1.807) is 19.3 Å². The lowest BCUT2D eigenvalue weighted by Gasteiger charge is -2.11. The minimum absolute atomic E-state index is 0.189. The molecular weight excluding hydrogens is 342 g/mol. The zero-order valence-corrected chi connectivity index (χ0v) is 15.0. The number of hydrogen-bond donors (Lipinski definition) is 1. The number of aryl methyl sites for hydroxylation is 1. The number of hydrogen-bond acceptors (Lipinski definition) is 7. The number of rotatable bonds is 7. The number of carbonyl (C=O) groups excluding carboxylic acids is 1. The van der Waals surface area contributed by atoms with Crippen LogP contribution in [-0.4, -0.2) is 31.6 Å². The summed E-state index contributed by atoms with van der Waals surface area (Å²) in [6, 6.07) is 5.32. The molecule has 25 heavy (non-hydrogen) atoms. The van der Waals surface area contributed by atoms with Crippen molar-refractivity contribution >= 4 is 23.6 Å². The van der Waals surface area contributed by atoms with Crippen LogP contribution in [0, 0.1) is 12.8 Å².